The van der Waals surface area contributed by atoms with Crippen LogP contribution in [0.15, 0.2) is 257 Å². The van der Waals surface area contributed by atoms with E-state index in [9.17, 15) is 0 Å². The van der Waals surface area contributed by atoms with Gasteiger partial charge in [0.25, 0.3) is 18.0 Å². The Labute approximate surface area is 731 Å². The van der Waals surface area contributed by atoms with Crippen LogP contribution in [-0.2, 0) is 26.2 Å². The number of halogens is 3. The fraction of sp³-hybridized carbons (Fsp3) is 0.120. The minimum atomic E-state index is 0.344. The van der Waals surface area contributed by atoms with Gasteiger partial charge in [-0.1, -0.05) is 64.0 Å². The lowest BCUT2D eigenvalue weighted by Crippen LogP contribution is -2.30. The van der Waals surface area contributed by atoms with Crippen molar-refractivity contribution in [3.63, 3.8) is 0 Å². The van der Waals surface area contributed by atoms with Gasteiger partial charge < -0.3 is 59.2 Å². The van der Waals surface area contributed by atoms with Gasteiger partial charge in [0, 0.05) is 138 Å². The molecule has 612 valence electrons. The van der Waals surface area contributed by atoms with Crippen molar-refractivity contribution >= 4 is 168 Å². The van der Waals surface area contributed by atoms with Crippen LogP contribution in [-0.4, -0.2) is 91.0 Å². The Morgan fingerprint density at radius 2 is 0.870 bits per heavy atom. The van der Waals surface area contributed by atoms with Gasteiger partial charge in [-0.3, -0.25) is 39.5 Å². The highest BCUT2D eigenvalue weighted by molar-refractivity contribution is 7.23. The third-order valence-electron chi connectivity index (χ3n) is 18.6. The molecule has 13 aromatic heterocycles. The first kappa shape index (κ1) is 82.8. The molecule has 0 aliphatic rings. The van der Waals surface area contributed by atoms with Crippen LogP contribution in [0.3, 0.4) is 0 Å². The van der Waals surface area contributed by atoms with Crippen LogP contribution in [0.5, 0.6) is 40.2 Å². The van der Waals surface area contributed by atoms with Crippen LogP contribution < -0.4 is 45.9 Å². The van der Waals surface area contributed by atoms with E-state index in [4.69, 9.17) is 84.1 Å². The molecule has 0 aliphatic carbocycles. The molecule has 0 atom stereocenters. The second kappa shape index (κ2) is 38.7. The van der Waals surface area contributed by atoms with E-state index in [2.05, 4.69) is 134 Å². The normalized spacial score (nSPS) is 11.1. The smallest absolute Gasteiger partial charge is 0.300 e. The van der Waals surface area contributed by atoms with Crippen LogP contribution in [0, 0.1) is 24.7 Å². The number of terminal acetylenes is 2. The van der Waals surface area contributed by atoms with Crippen molar-refractivity contribution in [3.8, 4) is 96.6 Å². The summed E-state index contributed by atoms with van der Waals surface area (Å²) in [6.07, 6.45) is 22.7. The molecule has 0 saturated heterocycles. The van der Waals surface area contributed by atoms with Crippen molar-refractivity contribution in [2.45, 2.75) is 53.0 Å². The van der Waals surface area contributed by atoms with Crippen molar-refractivity contribution in [1.82, 2.24) is 70.1 Å². The number of methoxy groups -OCH3 is 1. The molecule has 0 aliphatic heterocycles. The van der Waals surface area contributed by atoms with Gasteiger partial charge in [-0.05, 0) is 184 Å². The summed E-state index contributed by atoms with van der Waals surface area (Å²) in [7, 11) is 1.62. The number of aromatic nitrogens is 12. The van der Waals surface area contributed by atoms with E-state index >= 15 is 0 Å². The van der Waals surface area contributed by atoms with E-state index < -0.39 is 0 Å². The maximum absolute atomic E-state index is 6.35. The SMILES string of the molecule is C#CCN.C#CCNCc1ccc(-c2cc3nccc(Oc4ccc5oc(Nc6ccc(Cl)cc6)nc5c4)c3s2)nc1.CCn1cc(CN(Cc2ccc(-c3cc4nccc(Oc5ccc6oc(Nc7ccc(Cl)cc7)nc6c5)c4s3)nc2)C(C)C)nn1.COc1ccc(-c2cc3nccc(Oc4ccc5oc(Nc6ccc(Cl)cc6)nc5c4)c3s2)nc1. The molecule has 0 saturated carbocycles. The molecule has 19 rings (SSSR count). The van der Waals surface area contributed by atoms with E-state index in [1.807, 2.05) is 169 Å². The first-order valence-electron chi connectivity index (χ1n) is 38.4. The van der Waals surface area contributed by atoms with Crippen molar-refractivity contribution in [3.05, 3.63) is 275 Å². The maximum atomic E-state index is 6.35. The standard InChI is InChI=1S/C34H31ClN8O2S.C29H20ClN5O2S.C26H17ClN4O3S.C3H5N/c1-4-43-20-25(40-41-43)19-42(21(2)3)18-22-5-11-27(37-17-22)32-16-29-33(46-32)31(13-14-36-29)44-26-10-12-30-28(15-26)39-34(45-30)38-24-8-6-23(35)7-9-24;1-2-12-31-16-18-3-9-22(33-17-18)27-15-24-28(38-27)26(11-13-32-24)36-21-8-10-25-23(14-21)35-29(37-25)34-20-6-4-19(30)5-7-20;1-32-18-6-8-19(29-14-18)24-13-21-25(35-24)23(10-11-28-21)33-17-7-9-22-20(12-17)31-26(34-22)30-16-4-2-15(27)3-5-16;1-2-3-4/h5-17,20-21H,4,18-19H2,1-3H3,(H,38,39);1,3-11,13-15,17,31H,12,16H2,(H,34,35);2-14H,1H3,(H,30,31);1H,3-4H2. The molecule has 19 aromatic rings. The highest BCUT2D eigenvalue weighted by Gasteiger charge is 2.21. The molecule has 6 aromatic carbocycles. The predicted molar refractivity (Wildman–Crippen MR) is 490 cm³/mol. The first-order valence-corrected chi connectivity index (χ1v) is 42.0. The van der Waals surface area contributed by atoms with Gasteiger partial charge in [-0.2, -0.15) is 15.0 Å². The summed E-state index contributed by atoms with van der Waals surface area (Å²) in [6.45, 7) is 10.3. The van der Waals surface area contributed by atoms with Gasteiger partial charge in [0.2, 0.25) is 0 Å². The maximum Gasteiger partial charge on any atom is 0.300 e. The minimum absolute atomic E-state index is 0.344. The largest absolute Gasteiger partial charge is 0.495 e. The van der Waals surface area contributed by atoms with Gasteiger partial charge in [0.15, 0.2) is 16.7 Å². The zero-order valence-corrected chi connectivity index (χ0v) is 70.9. The number of fused-ring (bicyclic) bond motifs is 6. The third-order valence-corrected chi connectivity index (χ3v) is 22.9. The quantitative estimate of drug-likeness (QED) is 0.0262. The topological polar surface area (TPSA) is 300 Å². The second-order valence-electron chi connectivity index (χ2n) is 27.5. The Morgan fingerprint density at radius 1 is 0.472 bits per heavy atom. The van der Waals surface area contributed by atoms with Gasteiger partial charge in [-0.15, -0.1) is 52.0 Å². The van der Waals surface area contributed by atoms with Crippen molar-refractivity contribution in [1.29, 1.82) is 0 Å². The Balaban J connectivity index is 0.000000135. The van der Waals surface area contributed by atoms with E-state index in [1.165, 1.54) is 0 Å². The molecular formula is C92H73Cl3N18O7S3. The Kier molecular flexibility index (Phi) is 26.0. The zero-order chi connectivity index (χ0) is 84.7. The molecule has 25 nitrogen and oxygen atoms in total. The lowest BCUT2D eigenvalue weighted by molar-refractivity contribution is 0.201. The number of ether oxygens (including phenoxy) is 4. The summed E-state index contributed by atoms with van der Waals surface area (Å²) in [5, 5.41) is 23.1. The van der Waals surface area contributed by atoms with Gasteiger partial charge in [-0.25, -0.2) is 0 Å². The molecule has 13 heterocycles. The highest BCUT2D eigenvalue weighted by Crippen LogP contribution is 2.44. The van der Waals surface area contributed by atoms with Crippen LogP contribution in [0.25, 0.3) is 95.7 Å². The number of nitrogens with one attached hydrogen (secondary N) is 4. The Hall–Kier alpha value is -13.9. The summed E-state index contributed by atoms with van der Waals surface area (Å²) in [6, 6.07) is 63.9. The number of anilines is 6. The molecule has 123 heavy (non-hydrogen) atoms. The molecule has 0 spiro atoms. The second-order valence-corrected chi connectivity index (χ2v) is 32.0. The van der Waals surface area contributed by atoms with E-state index in [1.54, 1.807) is 102 Å². The summed E-state index contributed by atoms with van der Waals surface area (Å²) >= 11 is 22.7. The van der Waals surface area contributed by atoms with Gasteiger partial charge in [0.05, 0.1) is 94.5 Å². The number of benzene rings is 6. The van der Waals surface area contributed by atoms with Crippen LogP contribution >= 0.6 is 68.8 Å². The summed E-state index contributed by atoms with van der Waals surface area (Å²) in [5.74, 6) is 9.57. The molecule has 31 heteroatoms. The molecule has 6 N–H and O–H groups in total. The van der Waals surface area contributed by atoms with Crippen LogP contribution in [0.1, 0.15) is 37.6 Å². The molecule has 0 unspecified atom stereocenters. The fourth-order valence-electron chi connectivity index (χ4n) is 12.5. The predicted octanol–water partition coefficient (Wildman–Crippen LogP) is 23.4. The number of nitrogens with zero attached hydrogens (tertiary/aromatic N) is 13. The number of oxazole rings is 3. The lowest BCUT2D eigenvalue weighted by atomic mass is 10.2. The van der Waals surface area contributed by atoms with E-state index in [0.29, 0.717) is 132 Å². The van der Waals surface area contributed by atoms with Crippen LogP contribution in [0.4, 0.5) is 35.1 Å². The van der Waals surface area contributed by atoms with Gasteiger partial charge >= 0.3 is 0 Å². The van der Waals surface area contributed by atoms with E-state index in [0.717, 1.165) is 116 Å². The molecule has 0 radical (unpaired) electrons. The molecule has 0 bridgehead atoms. The first-order chi connectivity index (χ1) is 60.1. The fourth-order valence-corrected chi connectivity index (χ4v) is 16.0. The van der Waals surface area contributed by atoms with E-state index in [-0.39, 0.29) is 0 Å². The van der Waals surface area contributed by atoms with Crippen molar-refractivity contribution in [2.75, 3.05) is 36.1 Å². The Morgan fingerprint density at radius 3 is 1.22 bits per heavy atom. The number of hydrogen-bond donors (Lipinski definition) is 5. The van der Waals surface area contributed by atoms with Crippen molar-refractivity contribution < 1.29 is 32.2 Å². The number of thiophene rings is 3. The summed E-state index contributed by atoms with van der Waals surface area (Å²) in [5.41, 5.74) is 19.6. The number of hydrogen-bond acceptors (Lipinski definition) is 27. The monoisotopic (exact) mass is 1740 g/mol. The molecule has 0 amide bonds. The number of rotatable bonds is 25. The lowest BCUT2D eigenvalue weighted by Gasteiger charge is -2.25. The highest BCUT2D eigenvalue weighted by atomic mass is 35.5. The average Bonchev–Trinajstić information content (AvgIpc) is 1.65. The zero-order valence-electron chi connectivity index (χ0n) is 66.2. The average molecular weight is 1750 g/mol. The molecule has 0 fully saturated rings. The summed E-state index contributed by atoms with van der Waals surface area (Å²) in [4.78, 5) is 46.6. The Bertz CT molecular complexity index is 6950. The number of aryl methyl sites for hydroxylation is 1. The molecular weight excluding hydrogens is 1670 g/mol. The number of pyridine rings is 6. The summed E-state index contributed by atoms with van der Waals surface area (Å²) < 4.78 is 46.2. The van der Waals surface area contributed by atoms with Crippen molar-refractivity contribution in [2.24, 2.45) is 5.73 Å². The number of nitrogens with two attached hydrogens (primary N) is 1. The third kappa shape index (κ3) is 20.8. The minimum Gasteiger partial charge on any atom is -0.495 e. The van der Waals surface area contributed by atoms with Crippen LogP contribution in [0.2, 0.25) is 15.1 Å². The van der Waals surface area contributed by atoms with Gasteiger partial charge in [0.1, 0.15) is 56.8 Å².